The van der Waals surface area contributed by atoms with Crippen LogP contribution >= 0.6 is 0 Å². The van der Waals surface area contributed by atoms with Crippen LogP contribution in [0, 0.1) is 0 Å². The van der Waals surface area contributed by atoms with E-state index in [2.05, 4.69) is 113 Å². The Morgan fingerprint density at radius 1 is 0.567 bits per heavy atom. The second kappa shape index (κ2) is 12.1. The van der Waals surface area contributed by atoms with Crippen LogP contribution in [-0.4, -0.2) is 147 Å². The van der Waals surface area contributed by atoms with Gasteiger partial charge in [0.1, 0.15) is 0 Å². The third-order valence-electron chi connectivity index (χ3n) is 7.66. The molecule has 4 atom stereocenters. The Balaban J connectivity index is 0.000000225. The smallest absolute Gasteiger partial charge is 0.0277 e. The van der Waals surface area contributed by atoms with Crippen molar-refractivity contribution < 1.29 is 0 Å². The van der Waals surface area contributed by atoms with Crippen molar-refractivity contribution in [3.63, 3.8) is 0 Å². The molecule has 0 aromatic heterocycles. The highest BCUT2D eigenvalue weighted by Gasteiger charge is 2.29. The zero-order valence-electron chi connectivity index (χ0n) is 22.4. The summed E-state index contributed by atoms with van der Waals surface area (Å²) in [6.45, 7) is 22.1. The van der Waals surface area contributed by atoms with Crippen molar-refractivity contribution in [1.29, 1.82) is 0 Å². The Labute approximate surface area is 189 Å². The van der Waals surface area contributed by atoms with Crippen molar-refractivity contribution in [3.05, 3.63) is 0 Å². The van der Waals surface area contributed by atoms with E-state index in [4.69, 9.17) is 0 Å². The molecule has 3 heterocycles. The second-order valence-corrected chi connectivity index (χ2v) is 11.1. The van der Waals surface area contributed by atoms with Gasteiger partial charge in [0.05, 0.1) is 0 Å². The first-order valence-corrected chi connectivity index (χ1v) is 11.9. The van der Waals surface area contributed by atoms with E-state index < -0.39 is 0 Å². The lowest BCUT2D eigenvalue weighted by atomic mass is 10.0. The maximum Gasteiger partial charge on any atom is 0.0277 e. The summed E-state index contributed by atoms with van der Waals surface area (Å²) in [6.07, 6.45) is 0. The Kier molecular flexibility index (Phi) is 11.2. The van der Waals surface area contributed by atoms with Crippen molar-refractivity contribution in [2.24, 2.45) is 0 Å². The molecule has 3 rings (SSSR count). The summed E-state index contributed by atoms with van der Waals surface area (Å²) >= 11 is 0. The molecule has 3 fully saturated rings. The predicted molar refractivity (Wildman–Crippen MR) is 133 cm³/mol. The zero-order chi connectivity index (χ0) is 23.2. The van der Waals surface area contributed by atoms with Gasteiger partial charge >= 0.3 is 0 Å². The Bertz CT molecular complexity index is 446. The van der Waals surface area contributed by atoms with Crippen LogP contribution in [0.5, 0.6) is 0 Å². The molecule has 0 amide bonds. The number of nitrogens with zero attached hydrogens (tertiary/aromatic N) is 6. The van der Waals surface area contributed by atoms with Gasteiger partial charge in [0.2, 0.25) is 0 Å². The fraction of sp³-hybridized carbons (Fsp3) is 1.00. The predicted octanol–water partition coefficient (Wildman–Crippen LogP) is 1.92. The van der Waals surface area contributed by atoms with Gasteiger partial charge < -0.3 is 19.6 Å². The molecule has 0 N–H and O–H groups in total. The molecule has 0 unspecified atom stereocenters. The van der Waals surface area contributed by atoms with E-state index in [1.807, 2.05) is 0 Å². The minimum absolute atomic E-state index is 0.368. The molecular formula is C24H54N6. The first kappa shape index (κ1) is 27.8. The summed E-state index contributed by atoms with van der Waals surface area (Å²) in [5.41, 5.74) is 0.368. The molecule has 3 aliphatic heterocycles. The highest BCUT2D eigenvalue weighted by atomic mass is 15.3. The van der Waals surface area contributed by atoms with Gasteiger partial charge in [-0.15, -0.1) is 0 Å². The van der Waals surface area contributed by atoms with Gasteiger partial charge in [0, 0.05) is 75.5 Å². The van der Waals surface area contributed by atoms with Crippen LogP contribution in [0.4, 0.5) is 0 Å². The van der Waals surface area contributed by atoms with Gasteiger partial charge in [-0.2, -0.15) is 0 Å². The Morgan fingerprint density at radius 3 is 1.37 bits per heavy atom. The molecule has 0 aromatic rings. The van der Waals surface area contributed by atoms with Gasteiger partial charge in [-0.1, -0.05) is 0 Å². The molecule has 0 aliphatic carbocycles. The molecule has 180 valence electrons. The van der Waals surface area contributed by atoms with E-state index in [1.165, 1.54) is 45.8 Å². The quantitative estimate of drug-likeness (QED) is 0.585. The van der Waals surface area contributed by atoms with E-state index in [0.717, 1.165) is 12.1 Å². The summed E-state index contributed by atoms with van der Waals surface area (Å²) < 4.78 is 0. The van der Waals surface area contributed by atoms with E-state index in [9.17, 15) is 0 Å². The maximum absolute atomic E-state index is 2.44. The van der Waals surface area contributed by atoms with E-state index in [1.54, 1.807) is 0 Å². The number of piperazine rings is 3. The van der Waals surface area contributed by atoms with Crippen LogP contribution in [0.1, 0.15) is 41.5 Å². The van der Waals surface area contributed by atoms with Gasteiger partial charge in [-0.3, -0.25) is 9.80 Å². The fourth-order valence-corrected chi connectivity index (χ4v) is 4.62. The van der Waals surface area contributed by atoms with Crippen molar-refractivity contribution >= 4 is 0 Å². The van der Waals surface area contributed by atoms with Gasteiger partial charge in [-0.05, 0) is 83.8 Å². The van der Waals surface area contributed by atoms with Gasteiger partial charge in [-0.25, -0.2) is 0 Å². The summed E-state index contributed by atoms with van der Waals surface area (Å²) in [6, 6.07) is 2.88. The number of hydrogen-bond donors (Lipinski definition) is 0. The minimum Gasteiger partial charge on any atom is -0.303 e. The first-order valence-electron chi connectivity index (χ1n) is 11.9. The largest absolute Gasteiger partial charge is 0.303 e. The van der Waals surface area contributed by atoms with Gasteiger partial charge in [0.15, 0.2) is 0 Å². The summed E-state index contributed by atoms with van der Waals surface area (Å²) in [7, 11) is 13.2. The molecule has 30 heavy (non-hydrogen) atoms. The van der Waals surface area contributed by atoms with E-state index in [0.29, 0.717) is 17.6 Å². The molecule has 0 saturated carbocycles. The van der Waals surface area contributed by atoms with Crippen molar-refractivity contribution in [2.45, 2.75) is 71.2 Å². The topological polar surface area (TPSA) is 19.4 Å². The van der Waals surface area contributed by atoms with E-state index >= 15 is 0 Å². The highest BCUT2D eigenvalue weighted by molar-refractivity contribution is 4.86. The SMILES string of the molecule is CN1CCN(C)C(C)(C)C1.C[C@@H]1CN(C)C[C@H](C)N1C.C[C@@H]1CN(C)[C@@H](C)CN1C. The van der Waals surface area contributed by atoms with Crippen molar-refractivity contribution in [3.8, 4) is 0 Å². The third kappa shape index (κ3) is 8.71. The molecule has 0 bridgehead atoms. The van der Waals surface area contributed by atoms with Crippen LogP contribution < -0.4 is 0 Å². The minimum atomic E-state index is 0.368. The number of likely N-dealkylation sites (N-methyl/N-ethyl adjacent to an activating group) is 6. The molecule has 6 heteroatoms. The summed E-state index contributed by atoms with van der Waals surface area (Å²) in [5.74, 6) is 0. The number of hydrogen-bond acceptors (Lipinski definition) is 6. The standard InChI is InChI=1S/3C8H18N2/c1-7-5-10(4)8(2)6-9(7)3;1-7-5-9(3)6-8(2)10(7)4;1-8(2)7-9(3)5-6-10(8)4/h2*7-8H,5-6H2,1-4H3;5-7H2,1-4H3/t2*7-,8+;. The first-order chi connectivity index (χ1) is 13.7. The van der Waals surface area contributed by atoms with Gasteiger partial charge in [0.25, 0.3) is 0 Å². The van der Waals surface area contributed by atoms with Crippen LogP contribution in [-0.2, 0) is 0 Å². The van der Waals surface area contributed by atoms with Crippen LogP contribution in [0.2, 0.25) is 0 Å². The molecule has 6 nitrogen and oxygen atoms in total. The van der Waals surface area contributed by atoms with E-state index in [-0.39, 0.29) is 0 Å². The Morgan fingerprint density at radius 2 is 1.00 bits per heavy atom. The van der Waals surface area contributed by atoms with Crippen molar-refractivity contribution in [1.82, 2.24) is 29.4 Å². The second-order valence-electron chi connectivity index (χ2n) is 11.1. The molecule has 0 aromatic carbocycles. The normalized spacial score (nSPS) is 35.2. The molecule has 3 saturated heterocycles. The zero-order valence-corrected chi connectivity index (χ0v) is 22.4. The fourth-order valence-electron chi connectivity index (χ4n) is 4.62. The lowest BCUT2D eigenvalue weighted by Gasteiger charge is -2.44. The molecule has 0 spiro atoms. The average Bonchev–Trinajstić information content (AvgIpc) is 2.62. The Hall–Kier alpha value is -0.240. The van der Waals surface area contributed by atoms with Crippen molar-refractivity contribution in [2.75, 3.05) is 88.1 Å². The maximum atomic E-state index is 2.44. The lowest BCUT2D eigenvalue weighted by molar-refractivity contribution is 0.0541. The monoisotopic (exact) mass is 426 g/mol. The lowest BCUT2D eigenvalue weighted by Crippen LogP contribution is -2.56. The number of rotatable bonds is 0. The molecule has 0 radical (unpaired) electrons. The average molecular weight is 427 g/mol. The molecule has 3 aliphatic rings. The summed E-state index contributed by atoms with van der Waals surface area (Å²) in [4.78, 5) is 14.5. The molecular weight excluding hydrogens is 372 g/mol. The van der Waals surface area contributed by atoms with Crippen LogP contribution in [0.15, 0.2) is 0 Å². The van der Waals surface area contributed by atoms with Crippen LogP contribution in [0.25, 0.3) is 0 Å². The van der Waals surface area contributed by atoms with Crippen LogP contribution in [0.3, 0.4) is 0 Å². The highest BCUT2D eigenvalue weighted by Crippen LogP contribution is 2.17. The third-order valence-corrected chi connectivity index (χ3v) is 7.66. The summed E-state index contributed by atoms with van der Waals surface area (Å²) in [5, 5.41) is 0.